The zero-order valence-electron chi connectivity index (χ0n) is 7.17. The molecule has 0 atom stereocenters. The van der Waals surface area contributed by atoms with E-state index < -0.39 is 12.6 Å². The quantitative estimate of drug-likeness (QED) is 0.701. The third-order valence-electron chi connectivity index (χ3n) is 1.37. The third-order valence-corrected chi connectivity index (χ3v) is 1.37. The summed E-state index contributed by atoms with van der Waals surface area (Å²) in [6, 6.07) is 6.04. The SMILES string of the molecule is O=COc1ccc(OCC(=O)O)cc1. The highest BCUT2D eigenvalue weighted by Crippen LogP contribution is 2.16. The van der Waals surface area contributed by atoms with E-state index in [2.05, 4.69) is 4.74 Å². The van der Waals surface area contributed by atoms with Gasteiger partial charge in [0.1, 0.15) is 11.5 Å². The summed E-state index contributed by atoms with van der Waals surface area (Å²) in [5.41, 5.74) is 0. The first-order valence-corrected chi connectivity index (χ1v) is 3.77. The fourth-order valence-corrected chi connectivity index (χ4v) is 0.815. The molecular weight excluding hydrogens is 188 g/mol. The Morgan fingerprint density at radius 1 is 1.29 bits per heavy atom. The van der Waals surface area contributed by atoms with Crippen LogP contribution in [0.1, 0.15) is 0 Å². The van der Waals surface area contributed by atoms with E-state index in [0.29, 0.717) is 18.0 Å². The lowest BCUT2D eigenvalue weighted by Crippen LogP contribution is -2.09. The first-order valence-electron chi connectivity index (χ1n) is 3.77. The fourth-order valence-electron chi connectivity index (χ4n) is 0.815. The maximum Gasteiger partial charge on any atom is 0.341 e. The van der Waals surface area contributed by atoms with Crippen molar-refractivity contribution in [1.29, 1.82) is 0 Å². The number of rotatable bonds is 5. The van der Waals surface area contributed by atoms with Gasteiger partial charge in [0.2, 0.25) is 0 Å². The van der Waals surface area contributed by atoms with Crippen molar-refractivity contribution in [3.63, 3.8) is 0 Å². The number of carboxylic acids is 1. The lowest BCUT2D eigenvalue weighted by Gasteiger charge is -2.03. The molecule has 0 saturated carbocycles. The minimum absolute atomic E-state index is 0.313. The minimum atomic E-state index is -1.04. The zero-order chi connectivity index (χ0) is 10.4. The van der Waals surface area contributed by atoms with Crippen molar-refractivity contribution in [3.8, 4) is 11.5 Å². The molecule has 1 N–H and O–H groups in total. The summed E-state index contributed by atoms with van der Waals surface area (Å²) in [5.74, 6) is -0.258. The van der Waals surface area contributed by atoms with Gasteiger partial charge in [0.15, 0.2) is 6.61 Å². The topological polar surface area (TPSA) is 72.8 Å². The molecule has 5 nitrogen and oxygen atoms in total. The predicted molar refractivity (Wildman–Crippen MR) is 46.3 cm³/mol. The highest BCUT2D eigenvalue weighted by molar-refractivity contribution is 5.68. The van der Waals surface area contributed by atoms with Crippen LogP contribution in [-0.2, 0) is 9.59 Å². The first-order chi connectivity index (χ1) is 6.72. The van der Waals surface area contributed by atoms with Crippen molar-refractivity contribution in [3.05, 3.63) is 24.3 Å². The van der Waals surface area contributed by atoms with E-state index in [1.54, 1.807) is 0 Å². The lowest BCUT2D eigenvalue weighted by atomic mass is 10.3. The van der Waals surface area contributed by atoms with Crippen LogP contribution in [0.4, 0.5) is 0 Å². The van der Waals surface area contributed by atoms with Gasteiger partial charge < -0.3 is 14.6 Å². The van der Waals surface area contributed by atoms with Crippen LogP contribution in [0.25, 0.3) is 0 Å². The monoisotopic (exact) mass is 196 g/mol. The number of hydrogen-bond donors (Lipinski definition) is 1. The Kier molecular flexibility index (Phi) is 3.49. The van der Waals surface area contributed by atoms with Gasteiger partial charge in [-0.25, -0.2) is 4.79 Å². The number of ether oxygens (including phenoxy) is 2. The molecule has 0 saturated heterocycles. The normalized spacial score (nSPS) is 9.14. The number of benzene rings is 1. The van der Waals surface area contributed by atoms with Gasteiger partial charge in [-0.15, -0.1) is 0 Å². The number of carbonyl (C=O) groups excluding carboxylic acids is 1. The van der Waals surface area contributed by atoms with Gasteiger partial charge in [-0.1, -0.05) is 0 Å². The summed E-state index contributed by atoms with van der Waals surface area (Å²) in [7, 11) is 0. The standard InChI is InChI=1S/C9H8O5/c10-6-14-8-3-1-7(2-4-8)13-5-9(11)12/h1-4,6H,5H2,(H,11,12). The molecule has 0 unspecified atom stereocenters. The molecule has 14 heavy (non-hydrogen) atoms. The van der Waals surface area contributed by atoms with Crippen LogP contribution in [0.2, 0.25) is 0 Å². The Balaban J connectivity index is 2.54. The fraction of sp³-hybridized carbons (Fsp3) is 0.111. The Morgan fingerprint density at radius 2 is 1.86 bits per heavy atom. The van der Waals surface area contributed by atoms with Crippen LogP contribution in [0.3, 0.4) is 0 Å². The maximum absolute atomic E-state index is 10.1. The van der Waals surface area contributed by atoms with E-state index in [9.17, 15) is 9.59 Å². The highest BCUT2D eigenvalue weighted by atomic mass is 16.5. The maximum atomic E-state index is 10.1. The van der Waals surface area contributed by atoms with Gasteiger partial charge in [0, 0.05) is 0 Å². The summed E-state index contributed by atoms with van der Waals surface area (Å²) in [6.07, 6.45) is 0. The largest absolute Gasteiger partial charge is 0.482 e. The average molecular weight is 196 g/mol. The summed E-state index contributed by atoms with van der Waals surface area (Å²) >= 11 is 0. The summed E-state index contributed by atoms with van der Waals surface area (Å²) in [5, 5.41) is 8.32. The van der Waals surface area contributed by atoms with E-state index in [0.717, 1.165) is 0 Å². The molecule has 0 fully saturated rings. The van der Waals surface area contributed by atoms with Crippen LogP contribution >= 0.6 is 0 Å². The van der Waals surface area contributed by atoms with Crippen LogP contribution in [-0.4, -0.2) is 24.2 Å². The number of carboxylic acid groups (broad SMARTS) is 1. The molecule has 74 valence electrons. The molecule has 0 aromatic heterocycles. The highest BCUT2D eigenvalue weighted by Gasteiger charge is 1.99. The molecule has 0 aliphatic carbocycles. The number of carbonyl (C=O) groups is 2. The Hall–Kier alpha value is -2.04. The molecule has 0 spiro atoms. The lowest BCUT2D eigenvalue weighted by molar-refractivity contribution is -0.139. The third kappa shape index (κ3) is 3.14. The first kappa shape index (κ1) is 10.0. The van der Waals surface area contributed by atoms with Crippen LogP contribution < -0.4 is 9.47 Å². The second kappa shape index (κ2) is 4.86. The van der Waals surface area contributed by atoms with E-state index in [-0.39, 0.29) is 0 Å². The second-order valence-electron chi connectivity index (χ2n) is 2.37. The molecule has 0 radical (unpaired) electrons. The van der Waals surface area contributed by atoms with Gasteiger partial charge in [-0.2, -0.15) is 0 Å². The number of aliphatic carboxylic acids is 1. The molecule has 1 aromatic rings. The summed E-state index contributed by atoms with van der Waals surface area (Å²) in [6.45, 7) is -0.0823. The predicted octanol–water partition coefficient (Wildman–Crippen LogP) is 0.685. The molecule has 5 heteroatoms. The molecule has 0 aliphatic heterocycles. The minimum Gasteiger partial charge on any atom is -0.482 e. The van der Waals surface area contributed by atoms with Crippen LogP contribution in [0.15, 0.2) is 24.3 Å². The molecule has 1 rings (SSSR count). The zero-order valence-corrected chi connectivity index (χ0v) is 7.17. The molecule has 1 aromatic carbocycles. The summed E-state index contributed by atoms with van der Waals surface area (Å²) in [4.78, 5) is 20.1. The van der Waals surface area contributed by atoms with Crippen molar-refractivity contribution in [2.45, 2.75) is 0 Å². The Morgan fingerprint density at radius 3 is 2.36 bits per heavy atom. The molecule has 0 amide bonds. The summed E-state index contributed by atoms with van der Waals surface area (Å²) < 4.78 is 9.39. The van der Waals surface area contributed by atoms with Crippen molar-refractivity contribution in [2.24, 2.45) is 0 Å². The van der Waals surface area contributed by atoms with E-state index in [1.165, 1.54) is 24.3 Å². The van der Waals surface area contributed by atoms with Crippen molar-refractivity contribution < 1.29 is 24.2 Å². The molecule has 0 heterocycles. The number of hydrogen-bond acceptors (Lipinski definition) is 4. The van der Waals surface area contributed by atoms with Crippen molar-refractivity contribution >= 4 is 12.4 Å². The van der Waals surface area contributed by atoms with Gasteiger partial charge in [0.25, 0.3) is 6.47 Å². The van der Waals surface area contributed by atoms with Gasteiger partial charge in [-0.05, 0) is 24.3 Å². The van der Waals surface area contributed by atoms with E-state index in [1.807, 2.05) is 0 Å². The molecule has 0 bridgehead atoms. The Bertz CT molecular complexity index is 316. The van der Waals surface area contributed by atoms with Gasteiger partial charge >= 0.3 is 5.97 Å². The van der Waals surface area contributed by atoms with Crippen molar-refractivity contribution in [1.82, 2.24) is 0 Å². The average Bonchev–Trinajstić information content (AvgIpc) is 2.17. The Labute approximate surface area is 79.9 Å². The molecule has 0 aliphatic rings. The van der Waals surface area contributed by atoms with Crippen molar-refractivity contribution in [2.75, 3.05) is 6.61 Å². The van der Waals surface area contributed by atoms with Crippen LogP contribution in [0.5, 0.6) is 11.5 Å². The molecular formula is C9H8O5. The van der Waals surface area contributed by atoms with Crippen LogP contribution in [0, 0.1) is 0 Å². The van der Waals surface area contributed by atoms with Gasteiger partial charge in [-0.3, -0.25) is 4.79 Å². The van der Waals surface area contributed by atoms with E-state index in [4.69, 9.17) is 9.84 Å². The van der Waals surface area contributed by atoms with Gasteiger partial charge in [0.05, 0.1) is 0 Å². The second-order valence-corrected chi connectivity index (χ2v) is 2.37. The smallest absolute Gasteiger partial charge is 0.341 e. The van der Waals surface area contributed by atoms with E-state index >= 15 is 0 Å².